The Labute approximate surface area is 98.9 Å². The van der Waals surface area contributed by atoms with Crippen LogP contribution < -0.4 is 9.62 Å². The second-order valence-corrected chi connectivity index (χ2v) is 6.44. The normalized spacial score (nSPS) is 22.3. The maximum absolute atomic E-state index is 11.1. The molecule has 90 valence electrons. The number of aromatic nitrogens is 2. The predicted octanol–water partition coefficient (Wildman–Crippen LogP) is 0.0561. The third kappa shape index (κ3) is 3.13. The van der Waals surface area contributed by atoms with Gasteiger partial charge in [0, 0.05) is 30.7 Å². The van der Waals surface area contributed by atoms with E-state index in [9.17, 15) is 8.42 Å². The summed E-state index contributed by atoms with van der Waals surface area (Å²) in [7, 11) is -3.13. The molecule has 0 amide bonds. The van der Waals surface area contributed by atoms with Crippen LogP contribution in [0.25, 0.3) is 0 Å². The molecule has 1 aliphatic heterocycles. The van der Waals surface area contributed by atoms with Gasteiger partial charge in [-0.15, -0.1) is 0 Å². The number of rotatable bonds is 3. The van der Waals surface area contributed by atoms with Gasteiger partial charge in [0.25, 0.3) is 0 Å². The maximum atomic E-state index is 11.1. The van der Waals surface area contributed by atoms with Gasteiger partial charge < -0.3 is 4.90 Å². The van der Waals surface area contributed by atoms with Gasteiger partial charge in [-0.25, -0.2) is 18.1 Å². The van der Waals surface area contributed by atoms with E-state index in [1.165, 1.54) is 24.1 Å². The molecule has 16 heavy (non-hydrogen) atoms. The summed E-state index contributed by atoms with van der Waals surface area (Å²) in [5.41, 5.74) is 0. The minimum absolute atomic E-state index is 0.0207. The van der Waals surface area contributed by atoms with Crippen LogP contribution in [0.3, 0.4) is 0 Å². The zero-order valence-electron chi connectivity index (χ0n) is 8.96. The summed E-state index contributed by atoms with van der Waals surface area (Å²) >= 11 is 1.34. The number of anilines is 1. The molecule has 0 saturated carbocycles. The number of piperidine rings is 1. The van der Waals surface area contributed by atoms with Crippen molar-refractivity contribution in [3.05, 3.63) is 6.33 Å². The summed E-state index contributed by atoms with van der Waals surface area (Å²) in [5, 5.41) is 0.861. The highest BCUT2D eigenvalue weighted by Gasteiger charge is 2.23. The lowest BCUT2D eigenvalue weighted by Gasteiger charge is -2.32. The van der Waals surface area contributed by atoms with Crippen molar-refractivity contribution in [3.63, 3.8) is 0 Å². The molecule has 1 aromatic rings. The third-order valence-corrected chi connectivity index (χ3v) is 3.91. The first kappa shape index (κ1) is 11.7. The van der Waals surface area contributed by atoms with Crippen LogP contribution in [0.2, 0.25) is 0 Å². The van der Waals surface area contributed by atoms with E-state index in [1.807, 2.05) is 0 Å². The number of hydrogen-bond donors (Lipinski definition) is 1. The van der Waals surface area contributed by atoms with E-state index >= 15 is 0 Å². The number of nitrogens with zero attached hydrogens (tertiary/aromatic N) is 3. The van der Waals surface area contributed by atoms with Gasteiger partial charge in [-0.2, -0.15) is 4.37 Å². The molecule has 0 spiro atoms. The fourth-order valence-corrected chi connectivity index (χ4v) is 3.22. The molecule has 0 aliphatic carbocycles. The van der Waals surface area contributed by atoms with Gasteiger partial charge in [-0.1, -0.05) is 0 Å². The van der Waals surface area contributed by atoms with E-state index in [1.54, 1.807) is 0 Å². The van der Waals surface area contributed by atoms with E-state index in [2.05, 4.69) is 19.0 Å². The first-order chi connectivity index (χ1) is 7.54. The average Bonchev–Trinajstić information content (AvgIpc) is 2.68. The second-order valence-electron chi connectivity index (χ2n) is 3.90. The van der Waals surface area contributed by atoms with Crippen molar-refractivity contribution in [1.29, 1.82) is 0 Å². The Hall–Kier alpha value is -0.730. The van der Waals surface area contributed by atoms with Gasteiger partial charge in [0.1, 0.15) is 6.33 Å². The molecular formula is C8H14N4O2S2. The lowest BCUT2D eigenvalue weighted by atomic mass is 10.1. The second kappa shape index (κ2) is 4.64. The molecule has 1 atom stereocenters. The molecule has 1 saturated heterocycles. The third-order valence-electron chi connectivity index (χ3n) is 2.42. The van der Waals surface area contributed by atoms with Crippen LogP contribution in [-0.4, -0.2) is 43.2 Å². The molecule has 8 heteroatoms. The van der Waals surface area contributed by atoms with Crippen LogP contribution in [-0.2, 0) is 10.0 Å². The summed E-state index contributed by atoms with van der Waals surface area (Å²) < 4.78 is 28.9. The van der Waals surface area contributed by atoms with Crippen LogP contribution >= 0.6 is 11.5 Å². The maximum Gasteiger partial charge on any atom is 0.209 e. The first-order valence-electron chi connectivity index (χ1n) is 5.03. The zero-order chi connectivity index (χ0) is 11.6. The average molecular weight is 262 g/mol. The highest BCUT2D eigenvalue weighted by molar-refractivity contribution is 7.88. The van der Waals surface area contributed by atoms with E-state index < -0.39 is 10.0 Å². The zero-order valence-corrected chi connectivity index (χ0v) is 10.6. The van der Waals surface area contributed by atoms with Crippen molar-refractivity contribution in [2.75, 3.05) is 24.2 Å². The summed E-state index contributed by atoms with van der Waals surface area (Å²) in [6, 6.07) is -0.0207. The Morgan fingerprint density at radius 3 is 3.06 bits per heavy atom. The fourth-order valence-electron chi connectivity index (χ4n) is 1.86. The molecule has 6 nitrogen and oxygen atoms in total. The van der Waals surface area contributed by atoms with Gasteiger partial charge in [0.15, 0.2) is 0 Å². The molecule has 2 rings (SSSR count). The van der Waals surface area contributed by atoms with Crippen molar-refractivity contribution in [3.8, 4) is 0 Å². The summed E-state index contributed by atoms with van der Waals surface area (Å²) in [5.74, 6) is 0. The molecule has 1 aromatic heterocycles. The smallest absolute Gasteiger partial charge is 0.209 e. The van der Waals surface area contributed by atoms with Crippen LogP contribution in [0.1, 0.15) is 12.8 Å². The molecule has 0 aromatic carbocycles. The van der Waals surface area contributed by atoms with Gasteiger partial charge in [0.2, 0.25) is 15.2 Å². The topological polar surface area (TPSA) is 75.2 Å². The van der Waals surface area contributed by atoms with Crippen molar-refractivity contribution in [2.24, 2.45) is 0 Å². The monoisotopic (exact) mass is 262 g/mol. The van der Waals surface area contributed by atoms with Crippen LogP contribution in [0.4, 0.5) is 5.13 Å². The number of nitrogens with one attached hydrogen (secondary N) is 1. The molecule has 2 heterocycles. The SMILES string of the molecule is CS(=O)(=O)N[C@H]1CCCN(c2ncns2)C1. The quantitative estimate of drug-likeness (QED) is 0.833. The predicted molar refractivity (Wildman–Crippen MR) is 63.1 cm³/mol. The Bertz CT molecular complexity index is 431. The van der Waals surface area contributed by atoms with Crippen molar-refractivity contribution in [2.45, 2.75) is 18.9 Å². The van der Waals surface area contributed by atoms with E-state index in [0.29, 0.717) is 6.54 Å². The number of sulfonamides is 1. The summed E-state index contributed by atoms with van der Waals surface area (Å²) in [6.45, 7) is 1.58. The van der Waals surface area contributed by atoms with Crippen molar-refractivity contribution >= 4 is 26.7 Å². The lowest BCUT2D eigenvalue weighted by molar-refractivity contribution is 0.467. The minimum Gasteiger partial charge on any atom is -0.345 e. The van der Waals surface area contributed by atoms with Crippen LogP contribution in [0.5, 0.6) is 0 Å². The van der Waals surface area contributed by atoms with Gasteiger partial charge in [0.05, 0.1) is 6.26 Å². The molecule has 0 bridgehead atoms. The van der Waals surface area contributed by atoms with E-state index in [4.69, 9.17) is 0 Å². The Morgan fingerprint density at radius 2 is 2.44 bits per heavy atom. The molecular weight excluding hydrogens is 248 g/mol. The first-order valence-corrected chi connectivity index (χ1v) is 7.70. The van der Waals surface area contributed by atoms with Gasteiger partial charge in [-0.05, 0) is 12.8 Å². The summed E-state index contributed by atoms with van der Waals surface area (Å²) in [4.78, 5) is 6.20. The fraction of sp³-hybridized carbons (Fsp3) is 0.750. The van der Waals surface area contributed by atoms with Crippen LogP contribution in [0.15, 0.2) is 6.33 Å². The largest absolute Gasteiger partial charge is 0.345 e. The Balaban J connectivity index is 2.00. The molecule has 0 unspecified atom stereocenters. The molecule has 0 radical (unpaired) electrons. The van der Waals surface area contributed by atoms with Crippen molar-refractivity contribution < 1.29 is 8.42 Å². The lowest BCUT2D eigenvalue weighted by Crippen LogP contribution is -2.47. The van der Waals surface area contributed by atoms with E-state index in [-0.39, 0.29) is 6.04 Å². The molecule has 1 fully saturated rings. The standard InChI is InChI=1S/C8H14N4O2S2/c1-16(13,14)11-7-3-2-4-12(5-7)8-9-6-10-15-8/h6-7,11H,2-5H2,1H3/t7-/m0/s1. The molecule has 1 N–H and O–H groups in total. The molecule has 1 aliphatic rings. The van der Waals surface area contributed by atoms with Crippen molar-refractivity contribution in [1.82, 2.24) is 14.1 Å². The number of hydrogen-bond acceptors (Lipinski definition) is 6. The van der Waals surface area contributed by atoms with E-state index in [0.717, 1.165) is 24.5 Å². The minimum atomic E-state index is -3.13. The highest BCUT2D eigenvalue weighted by Crippen LogP contribution is 2.20. The summed E-state index contributed by atoms with van der Waals surface area (Å²) in [6.07, 6.45) is 4.56. The van der Waals surface area contributed by atoms with Crippen LogP contribution in [0, 0.1) is 0 Å². The highest BCUT2D eigenvalue weighted by atomic mass is 32.2. The Morgan fingerprint density at radius 1 is 1.62 bits per heavy atom. The van der Waals surface area contributed by atoms with Gasteiger partial charge >= 0.3 is 0 Å². The Kier molecular flexibility index (Phi) is 3.41. The van der Waals surface area contributed by atoms with Gasteiger partial charge in [-0.3, -0.25) is 0 Å².